The average Bonchev–Trinajstić information content (AvgIpc) is 2.97. The molecule has 1 saturated carbocycles. The molecule has 0 aromatic rings. The first-order chi connectivity index (χ1) is 15.6. The van der Waals surface area contributed by atoms with E-state index in [4.69, 9.17) is 9.53 Å². The van der Waals surface area contributed by atoms with Crippen LogP contribution in [0.2, 0.25) is 18.1 Å². The fourth-order valence-electron chi connectivity index (χ4n) is 4.80. The van der Waals surface area contributed by atoms with Gasteiger partial charge in [-0.2, -0.15) is 0 Å². The van der Waals surface area contributed by atoms with E-state index in [1.54, 1.807) is 0 Å². The Morgan fingerprint density at radius 1 is 1.00 bits per heavy atom. The number of halogens is 2. The van der Waals surface area contributed by atoms with Gasteiger partial charge in [-0.25, -0.2) is 8.78 Å². The predicted molar refractivity (Wildman–Crippen MR) is 135 cm³/mol. The molecule has 5 nitrogen and oxygen atoms in total. The van der Waals surface area contributed by atoms with E-state index in [0.29, 0.717) is 25.7 Å². The summed E-state index contributed by atoms with van der Waals surface area (Å²) in [5.74, 6) is -4.05. The van der Waals surface area contributed by atoms with E-state index < -0.39 is 38.5 Å². The molecule has 0 heterocycles. The molecule has 1 aliphatic carbocycles. The zero-order valence-electron chi connectivity index (χ0n) is 22.3. The molecule has 5 atom stereocenters. The van der Waals surface area contributed by atoms with Gasteiger partial charge in [-0.05, 0) is 68.5 Å². The summed E-state index contributed by atoms with van der Waals surface area (Å²) >= 11 is 0. The van der Waals surface area contributed by atoms with Gasteiger partial charge in [0.05, 0.1) is 12.2 Å². The number of hydrogen-bond acceptors (Lipinski definition) is 4. The third-order valence-electron chi connectivity index (χ3n) is 8.04. The lowest BCUT2D eigenvalue weighted by Gasteiger charge is -2.42. The van der Waals surface area contributed by atoms with Gasteiger partial charge in [0.15, 0.2) is 8.32 Å². The molecule has 0 aliphatic heterocycles. The number of carboxylic acids is 1. The predicted octanol–water partition coefficient (Wildman–Crippen LogP) is 6.77. The van der Waals surface area contributed by atoms with Gasteiger partial charge in [-0.15, -0.1) is 0 Å². The van der Waals surface area contributed by atoms with Crippen molar-refractivity contribution in [2.24, 2.45) is 11.8 Å². The number of aliphatic hydroxyl groups is 2. The van der Waals surface area contributed by atoms with Gasteiger partial charge in [-0.3, -0.25) is 4.79 Å². The van der Waals surface area contributed by atoms with Crippen LogP contribution in [0.15, 0.2) is 0 Å². The smallest absolute Gasteiger partial charge is 0.303 e. The van der Waals surface area contributed by atoms with Crippen LogP contribution in [0.4, 0.5) is 8.78 Å². The van der Waals surface area contributed by atoms with Crippen LogP contribution in [-0.4, -0.2) is 53.8 Å². The molecule has 34 heavy (non-hydrogen) atoms. The lowest BCUT2D eigenvalue weighted by Crippen LogP contribution is -2.49. The highest BCUT2D eigenvalue weighted by Gasteiger charge is 2.48. The van der Waals surface area contributed by atoms with E-state index in [0.717, 1.165) is 25.7 Å². The van der Waals surface area contributed by atoms with E-state index in [-0.39, 0.29) is 42.6 Å². The SMILES string of the molecule is CCCCC(F)(F)C(CC[C@@H]1[C@@H](CCCCCCC(=O)O)[C@@H](O)C[C@H]1O)O[Si](C)(C)C(C)(C)C. The van der Waals surface area contributed by atoms with Crippen LogP contribution >= 0.6 is 0 Å². The Labute approximate surface area is 206 Å². The largest absolute Gasteiger partial charge is 0.481 e. The van der Waals surface area contributed by atoms with Crippen molar-refractivity contribution in [1.82, 2.24) is 0 Å². The standard InChI is InChI=1S/C26H50F2O5Si/c1-7-8-17-26(27,28)23(33-34(5,6)25(2,3)4)16-15-20-19(21(29)18-22(20)30)13-11-9-10-12-14-24(31)32/h19-23,29-30H,7-18H2,1-6H3,(H,31,32)/t19-,20-,21+,22-,23?/m1/s1. The average molecular weight is 509 g/mol. The normalized spacial score (nSPS) is 25.0. The van der Waals surface area contributed by atoms with E-state index in [2.05, 4.69) is 0 Å². The summed E-state index contributed by atoms with van der Waals surface area (Å²) in [6, 6.07) is 0. The Morgan fingerprint density at radius 3 is 2.09 bits per heavy atom. The highest BCUT2D eigenvalue weighted by atomic mass is 28.4. The van der Waals surface area contributed by atoms with E-state index in [1.165, 1.54) is 0 Å². The summed E-state index contributed by atoms with van der Waals surface area (Å²) in [5.41, 5.74) is 0. The first-order valence-corrected chi connectivity index (χ1v) is 16.2. The lowest BCUT2D eigenvalue weighted by atomic mass is 9.84. The monoisotopic (exact) mass is 508 g/mol. The van der Waals surface area contributed by atoms with Crippen molar-refractivity contribution in [3.05, 3.63) is 0 Å². The minimum absolute atomic E-state index is 0.118. The lowest BCUT2D eigenvalue weighted by molar-refractivity contribution is -0.137. The van der Waals surface area contributed by atoms with Crippen LogP contribution in [0.1, 0.15) is 105 Å². The first-order valence-electron chi connectivity index (χ1n) is 13.3. The van der Waals surface area contributed by atoms with Crippen molar-refractivity contribution >= 4 is 14.3 Å². The van der Waals surface area contributed by atoms with Crippen LogP contribution < -0.4 is 0 Å². The minimum Gasteiger partial charge on any atom is -0.481 e. The molecule has 3 N–H and O–H groups in total. The van der Waals surface area contributed by atoms with Crippen molar-refractivity contribution in [3.8, 4) is 0 Å². The number of aliphatic carboxylic acids is 1. The van der Waals surface area contributed by atoms with Crippen molar-refractivity contribution in [3.63, 3.8) is 0 Å². The second kappa shape index (κ2) is 13.7. The van der Waals surface area contributed by atoms with Crippen molar-refractivity contribution < 1.29 is 33.3 Å². The number of hydrogen-bond donors (Lipinski definition) is 3. The Morgan fingerprint density at radius 2 is 1.56 bits per heavy atom. The molecular weight excluding hydrogens is 458 g/mol. The molecule has 202 valence electrons. The van der Waals surface area contributed by atoms with E-state index >= 15 is 8.78 Å². The van der Waals surface area contributed by atoms with Crippen LogP contribution in [-0.2, 0) is 9.22 Å². The van der Waals surface area contributed by atoms with Gasteiger partial charge >= 0.3 is 5.97 Å². The minimum atomic E-state index is -2.92. The molecule has 1 aliphatic rings. The topological polar surface area (TPSA) is 87.0 Å². The molecule has 0 amide bonds. The van der Waals surface area contributed by atoms with Crippen molar-refractivity contribution in [2.45, 2.75) is 147 Å². The fourth-order valence-corrected chi connectivity index (χ4v) is 6.15. The molecule has 8 heteroatoms. The van der Waals surface area contributed by atoms with E-state index in [1.807, 2.05) is 40.8 Å². The summed E-state index contributed by atoms with van der Waals surface area (Å²) < 4.78 is 36.8. The maximum atomic E-state index is 15.3. The Kier molecular flexibility index (Phi) is 12.6. The highest BCUT2D eigenvalue weighted by Crippen LogP contribution is 2.44. The number of carbonyl (C=O) groups is 1. The zero-order chi connectivity index (χ0) is 26.2. The number of unbranched alkanes of at least 4 members (excludes halogenated alkanes) is 4. The first kappa shape index (κ1) is 31.5. The summed E-state index contributed by atoms with van der Waals surface area (Å²) in [6.07, 6.45) is 3.35. The molecule has 0 spiro atoms. The zero-order valence-corrected chi connectivity index (χ0v) is 23.3. The third-order valence-corrected chi connectivity index (χ3v) is 12.5. The van der Waals surface area contributed by atoms with Crippen molar-refractivity contribution in [1.29, 1.82) is 0 Å². The Balaban J connectivity index is 2.82. The van der Waals surface area contributed by atoms with Crippen LogP contribution in [0.25, 0.3) is 0 Å². The van der Waals surface area contributed by atoms with Gasteiger partial charge in [0.1, 0.15) is 6.10 Å². The van der Waals surface area contributed by atoms with Gasteiger partial charge < -0.3 is 19.7 Å². The van der Waals surface area contributed by atoms with E-state index in [9.17, 15) is 15.0 Å². The summed E-state index contributed by atoms with van der Waals surface area (Å²) in [4.78, 5) is 10.6. The maximum absolute atomic E-state index is 15.3. The number of rotatable bonds is 16. The molecule has 0 aromatic carbocycles. The third kappa shape index (κ3) is 9.82. The fraction of sp³-hybridized carbons (Fsp3) is 0.962. The van der Waals surface area contributed by atoms with Gasteiger partial charge in [0.2, 0.25) is 0 Å². The molecule has 1 unspecified atom stereocenters. The number of aliphatic hydroxyl groups excluding tert-OH is 2. The molecule has 0 bridgehead atoms. The molecular formula is C26H50F2O5Si. The Bertz CT molecular complexity index is 608. The molecule has 0 saturated heterocycles. The molecule has 1 rings (SSSR count). The van der Waals surface area contributed by atoms with Crippen LogP contribution in [0.5, 0.6) is 0 Å². The summed E-state index contributed by atoms with van der Waals surface area (Å²) in [5, 5.41) is 29.7. The maximum Gasteiger partial charge on any atom is 0.303 e. The Hall–Kier alpha value is -0.573. The highest BCUT2D eigenvalue weighted by molar-refractivity contribution is 6.74. The quantitative estimate of drug-likeness (QED) is 0.158. The van der Waals surface area contributed by atoms with Crippen LogP contribution in [0.3, 0.4) is 0 Å². The second-order valence-electron chi connectivity index (χ2n) is 11.9. The number of alkyl halides is 2. The molecule has 0 aromatic heterocycles. The van der Waals surface area contributed by atoms with Gasteiger partial charge in [0.25, 0.3) is 5.92 Å². The second-order valence-corrected chi connectivity index (χ2v) is 16.6. The van der Waals surface area contributed by atoms with Gasteiger partial charge in [0, 0.05) is 12.8 Å². The number of carboxylic acid groups (broad SMARTS) is 1. The summed E-state index contributed by atoms with van der Waals surface area (Å²) in [7, 11) is -2.42. The van der Waals surface area contributed by atoms with Crippen LogP contribution in [0, 0.1) is 11.8 Å². The molecule has 1 fully saturated rings. The molecule has 0 radical (unpaired) electrons. The van der Waals surface area contributed by atoms with Crippen molar-refractivity contribution in [2.75, 3.05) is 0 Å². The summed E-state index contributed by atoms with van der Waals surface area (Å²) in [6.45, 7) is 12.0. The van der Waals surface area contributed by atoms with Gasteiger partial charge in [-0.1, -0.05) is 53.4 Å².